The lowest BCUT2D eigenvalue weighted by atomic mass is 10.1. The molecule has 1 rings (SSSR count). The SMILES string of the molecule is CNC(CCc1ccsc1)CCN(C)C. The van der Waals surface area contributed by atoms with Gasteiger partial charge in [0, 0.05) is 6.04 Å². The molecule has 3 heteroatoms. The number of aryl methyl sites for hydroxylation is 1. The maximum atomic E-state index is 3.40. The highest BCUT2D eigenvalue weighted by Crippen LogP contribution is 2.11. The third kappa shape index (κ3) is 5.30. The summed E-state index contributed by atoms with van der Waals surface area (Å²) < 4.78 is 0. The van der Waals surface area contributed by atoms with Crippen LogP contribution in [-0.2, 0) is 6.42 Å². The Morgan fingerprint density at radius 2 is 2.20 bits per heavy atom. The molecular weight excluding hydrogens is 204 g/mol. The third-order valence-corrected chi connectivity index (χ3v) is 3.43. The van der Waals surface area contributed by atoms with Crippen molar-refractivity contribution in [2.75, 3.05) is 27.7 Å². The lowest BCUT2D eigenvalue weighted by Gasteiger charge is -2.18. The van der Waals surface area contributed by atoms with E-state index in [0.717, 1.165) is 6.54 Å². The first kappa shape index (κ1) is 12.7. The van der Waals surface area contributed by atoms with E-state index in [1.54, 1.807) is 11.3 Å². The van der Waals surface area contributed by atoms with Gasteiger partial charge in [-0.15, -0.1) is 0 Å². The largest absolute Gasteiger partial charge is 0.317 e. The number of hydrogen-bond donors (Lipinski definition) is 1. The molecule has 1 heterocycles. The van der Waals surface area contributed by atoms with E-state index < -0.39 is 0 Å². The zero-order valence-electron chi connectivity index (χ0n) is 9.99. The molecule has 1 aromatic heterocycles. The molecule has 86 valence electrons. The van der Waals surface area contributed by atoms with Crippen molar-refractivity contribution >= 4 is 11.3 Å². The number of nitrogens with zero attached hydrogens (tertiary/aromatic N) is 1. The van der Waals surface area contributed by atoms with Crippen LogP contribution >= 0.6 is 11.3 Å². The Morgan fingerprint density at radius 3 is 2.73 bits per heavy atom. The van der Waals surface area contributed by atoms with Gasteiger partial charge in [0.1, 0.15) is 0 Å². The second kappa shape index (κ2) is 6.99. The highest BCUT2D eigenvalue weighted by molar-refractivity contribution is 7.07. The summed E-state index contributed by atoms with van der Waals surface area (Å²) in [6.07, 6.45) is 3.66. The van der Waals surface area contributed by atoms with Gasteiger partial charge >= 0.3 is 0 Å². The molecule has 1 N–H and O–H groups in total. The van der Waals surface area contributed by atoms with Crippen LogP contribution in [0.3, 0.4) is 0 Å². The van der Waals surface area contributed by atoms with Crippen LogP contribution in [0.5, 0.6) is 0 Å². The molecule has 1 atom stereocenters. The summed E-state index contributed by atoms with van der Waals surface area (Å²) >= 11 is 1.79. The first-order valence-corrected chi connectivity index (χ1v) is 6.49. The molecule has 0 aromatic carbocycles. The van der Waals surface area contributed by atoms with Crippen molar-refractivity contribution in [3.8, 4) is 0 Å². The van der Waals surface area contributed by atoms with E-state index >= 15 is 0 Å². The van der Waals surface area contributed by atoms with Crippen molar-refractivity contribution in [3.63, 3.8) is 0 Å². The Labute approximate surface area is 97.3 Å². The van der Waals surface area contributed by atoms with Gasteiger partial charge in [-0.2, -0.15) is 11.3 Å². The standard InChI is InChI=1S/C12H22N2S/c1-13-12(6-8-14(2)3)5-4-11-7-9-15-10-11/h7,9-10,12-13H,4-6,8H2,1-3H3. The summed E-state index contributed by atoms with van der Waals surface area (Å²) in [5.41, 5.74) is 1.48. The predicted molar refractivity (Wildman–Crippen MR) is 68.7 cm³/mol. The van der Waals surface area contributed by atoms with Crippen molar-refractivity contribution in [1.29, 1.82) is 0 Å². The molecule has 0 bridgehead atoms. The van der Waals surface area contributed by atoms with E-state index in [9.17, 15) is 0 Å². The maximum absolute atomic E-state index is 3.40. The van der Waals surface area contributed by atoms with E-state index in [2.05, 4.69) is 48.2 Å². The molecule has 0 aliphatic carbocycles. The first-order chi connectivity index (χ1) is 7.22. The number of hydrogen-bond acceptors (Lipinski definition) is 3. The molecule has 0 amide bonds. The van der Waals surface area contributed by atoms with Gasteiger partial charge in [0.15, 0.2) is 0 Å². The van der Waals surface area contributed by atoms with Crippen molar-refractivity contribution < 1.29 is 0 Å². The Kier molecular flexibility index (Phi) is 5.91. The molecule has 2 nitrogen and oxygen atoms in total. The first-order valence-electron chi connectivity index (χ1n) is 5.55. The highest BCUT2D eigenvalue weighted by Gasteiger charge is 2.06. The van der Waals surface area contributed by atoms with E-state index in [-0.39, 0.29) is 0 Å². The fourth-order valence-corrected chi connectivity index (χ4v) is 2.33. The third-order valence-electron chi connectivity index (χ3n) is 2.69. The topological polar surface area (TPSA) is 15.3 Å². The average molecular weight is 226 g/mol. The van der Waals surface area contributed by atoms with Gasteiger partial charge in [-0.05, 0) is 69.3 Å². The zero-order valence-corrected chi connectivity index (χ0v) is 10.8. The molecule has 1 aromatic rings. The van der Waals surface area contributed by atoms with Crippen LogP contribution in [0.25, 0.3) is 0 Å². The molecule has 0 saturated heterocycles. The van der Waals surface area contributed by atoms with Crippen LogP contribution < -0.4 is 5.32 Å². The van der Waals surface area contributed by atoms with Gasteiger partial charge < -0.3 is 10.2 Å². The fraction of sp³-hybridized carbons (Fsp3) is 0.667. The van der Waals surface area contributed by atoms with Crippen LogP contribution in [0.2, 0.25) is 0 Å². The van der Waals surface area contributed by atoms with Crippen LogP contribution in [-0.4, -0.2) is 38.6 Å². The predicted octanol–water partition coefficient (Wildman–Crippen LogP) is 2.22. The smallest absolute Gasteiger partial charge is 0.00794 e. The summed E-state index contributed by atoms with van der Waals surface area (Å²) in [7, 11) is 6.32. The van der Waals surface area contributed by atoms with Crippen LogP contribution in [0.1, 0.15) is 18.4 Å². The molecule has 1 unspecified atom stereocenters. The second-order valence-corrected chi connectivity index (χ2v) is 5.03. The van der Waals surface area contributed by atoms with Gasteiger partial charge in [-0.3, -0.25) is 0 Å². The second-order valence-electron chi connectivity index (χ2n) is 4.25. The molecule has 0 spiro atoms. The van der Waals surface area contributed by atoms with E-state index in [1.165, 1.54) is 24.8 Å². The van der Waals surface area contributed by atoms with Crippen LogP contribution in [0.15, 0.2) is 16.8 Å². The Balaban J connectivity index is 2.22. The average Bonchev–Trinajstić information content (AvgIpc) is 2.70. The summed E-state index contributed by atoms with van der Waals surface area (Å²) in [5, 5.41) is 7.80. The summed E-state index contributed by atoms with van der Waals surface area (Å²) in [4.78, 5) is 2.24. The van der Waals surface area contributed by atoms with E-state index in [1.807, 2.05) is 0 Å². The maximum Gasteiger partial charge on any atom is 0.00794 e. The van der Waals surface area contributed by atoms with Gasteiger partial charge in [0.25, 0.3) is 0 Å². The van der Waals surface area contributed by atoms with Crippen molar-refractivity contribution in [2.24, 2.45) is 0 Å². The Morgan fingerprint density at radius 1 is 1.40 bits per heavy atom. The summed E-state index contributed by atoms with van der Waals surface area (Å²) in [5.74, 6) is 0. The summed E-state index contributed by atoms with van der Waals surface area (Å²) in [6.45, 7) is 1.16. The van der Waals surface area contributed by atoms with Gasteiger partial charge in [-0.1, -0.05) is 0 Å². The van der Waals surface area contributed by atoms with Crippen molar-refractivity contribution in [1.82, 2.24) is 10.2 Å². The summed E-state index contributed by atoms with van der Waals surface area (Å²) in [6, 6.07) is 2.87. The minimum atomic E-state index is 0.646. The Bertz CT molecular complexity index is 244. The molecular formula is C12H22N2S. The van der Waals surface area contributed by atoms with Gasteiger partial charge in [0.05, 0.1) is 0 Å². The normalized spacial score (nSPS) is 13.3. The van der Waals surface area contributed by atoms with Crippen molar-refractivity contribution in [3.05, 3.63) is 22.4 Å². The van der Waals surface area contributed by atoms with Gasteiger partial charge in [0.2, 0.25) is 0 Å². The molecule has 0 aliphatic rings. The van der Waals surface area contributed by atoms with Crippen molar-refractivity contribution in [2.45, 2.75) is 25.3 Å². The minimum Gasteiger partial charge on any atom is -0.317 e. The number of rotatable bonds is 7. The van der Waals surface area contributed by atoms with Gasteiger partial charge in [-0.25, -0.2) is 0 Å². The molecule has 0 radical (unpaired) electrons. The Hall–Kier alpha value is -0.380. The minimum absolute atomic E-state index is 0.646. The van der Waals surface area contributed by atoms with E-state index in [0.29, 0.717) is 6.04 Å². The van der Waals surface area contributed by atoms with Crippen LogP contribution in [0.4, 0.5) is 0 Å². The lowest BCUT2D eigenvalue weighted by molar-refractivity contribution is 0.357. The molecule has 0 saturated carbocycles. The molecule has 0 fully saturated rings. The van der Waals surface area contributed by atoms with Crippen LogP contribution in [0, 0.1) is 0 Å². The monoisotopic (exact) mass is 226 g/mol. The zero-order chi connectivity index (χ0) is 11.1. The highest BCUT2D eigenvalue weighted by atomic mass is 32.1. The number of thiophene rings is 1. The van der Waals surface area contributed by atoms with E-state index in [4.69, 9.17) is 0 Å². The number of nitrogens with one attached hydrogen (secondary N) is 1. The fourth-order valence-electron chi connectivity index (χ4n) is 1.62. The quantitative estimate of drug-likeness (QED) is 0.767. The molecule has 0 aliphatic heterocycles. The lowest BCUT2D eigenvalue weighted by Crippen LogP contribution is -2.29. The molecule has 15 heavy (non-hydrogen) atoms.